The van der Waals surface area contributed by atoms with Crippen molar-refractivity contribution in [1.82, 2.24) is 0 Å². The Bertz CT molecular complexity index is 226. The molecule has 6 heteroatoms. The highest BCUT2D eigenvalue weighted by molar-refractivity contribution is 5.66. The first-order valence-electron chi connectivity index (χ1n) is 6.74. The van der Waals surface area contributed by atoms with Gasteiger partial charge < -0.3 is 14.6 Å². The molecule has 0 atom stereocenters. The van der Waals surface area contributed by atoms with Gasteiger partial charge >= 0.3 is 11.9 Å². The minimum absolute atomic E-state index is 0.182. The molecule has 0 aromatic heterocycles. The minimum atomic E-state index is -0.833. The molecule has 0 aromatic carbocycles. The number of rotatable bonds is 6. The van der Waals surface area contributed by atoms with Crippen molar-refractivity contribution in [2.75, 3.05) is 13.2 Å². The van der Waals surface area contributed by atoms with Gasteiger partial charge in [-0.05, 0) is 12.8 Å². The molecule has 20 heavy (non-hydrogen) atoms. The molecule has 6 nitrogen and oxygen atoms in total. The number of carboxylic acids is 1. The quantitative estimate of drug-likeness (QED) is 0.598. The molecule has 0 aromatic rings. The molecule has 120 valence electrons. The summed E-state index contributed by atoms with van der Waals surface area (Å²) in [5.41, 5.74) is 0. The second-order valence-electron chi connectivity index (χ2n) is 3.91. The van der Waals surface area contributed by atoms with E-state index < -0.39 is 5.97 Å². The Labute approximate surface area is 121 Å². The molecule has 0 aliphatic heterocycles. The molecule has 0 fully saturated rings. The molecule has 0 radical (unpaired) electrons. The van der Waals surface area contributed by atoms with Crippen LogP contribution in [0.15, 0.2) is 0 Å². The number of carbonyl (C=O) groups excluding carboxylic acids is 2. The fraction of sp³-hybridized carbons (Fsp3) is 0.786. The Morgan fingerprint density at radius 2 is 1.05 bits per heavy atom. The van der Waals surface area contributed by atoms with Crippen molar-refractivity contribution in [3.63, 3.8) is 0 Å². The number of esters is 2. The molecule has 0 amide bonds. The fourth-order valence-corrected chi connectivity index (χ4v) is 0.720. The summed E-state index contributed by atoms with van der Waals surface area (Å²) in [7, 11) is 0. The van der Waals surface area contributed by atoms with E-state index in [0.29, 0.717) is 13.2 Å². The Hall–Kier alpha value is -1.59. The lowest BCUT2D eigenvalue weighted by atomic mass is 10.4. The van der Waals surface area contributed by atoms with Crippen LogP contribution in [0.25, 0.3) is 0 Å². The zero-order valence-corrected chi connectivity index (χ0v) is 13.2. The summed E-state index contributed by atoms with van der Waals surface area (Å²) in [5, 5.41) is 7.42. The van der Waals surface area contributed by atoms with Crippen molar-refractivity contribution in [1.29, 1.82) is 0 Å². The summed E-state index contributed by atoms with van der Waals surface area (Å²) < 4.78 is 9.29. The maximum absolute atomic E-state index is 10.1. The minimum Gasteiger partial charge on any atom is -0.481 e. The van der Waals surface area contributed by atoms with E-state index in [1.165, 1.54) is 13.8 Å². The highest BCUT2D eigenvalue weighted by Gasteiger charge is 1.88. The van der Waals surface area contributed by atoms with Crippen molar-refractivity contribution in [3.05, 3.63) is 0 Å². The van der Waals surface area contributed by atoms with Gasteiger partial charge in [0, 0.05) is 20.8 Å². The number of hydrogen-bond acceptors (Lipinski definition) is 5. The smallest absolute Gasteiger partial charge is 0.302 e. The van der Waals surface area contributed by atoms with Gasteiger partial charge in [0.2, 0.25) is 0 Å². The predicted molar refractivity (Wildman–Crippen MR) is 76.4 cm³/mol. The van der Waals surface area contributed by atoms with Gasteiger partial charge in [0.1, 0.15) is 0 Å². The zero-order chi connectivity index (χ0) is 16.4. The number of ether oxygens (including phenoxy) is 2. The van der Waals surface area contributed by atoms with E-state index in [1.54, 1.807) is 0 Å². The van der Waals surface area contributed by atoms with Crippen molar-refractivity contribution >= 4 is 17.9 Å². The van der Waals surface area contributed by atoms with Gasteiger partial charge in [0.05, 0.1) is 13.2 Å². The van der Waals surface area contributed by atoms with Crippen molar-refractivity contribution in [2.24, 2.45) is 0 Å². The third kappa shape index (κ3) is 55.1. The summed E-state index contributed by atoms with van der Waals surface area (Å²) >= 11 is 0. The second-order valence-corrected chi connectivity index (χ2v) is 3.91. The number of hydrogen-bond donors (Lipinski definition) is 1. The van der Waals surface area contributed by atoms with E-state index in [9.17, 15) is 9.59 Å². The first kappa shape index (κ1) is 23.5. The van der Waals surface area contributed by atoms with Gasteiger partial charge in [-0.3, -0.25) is 14.4 Å². The molecule has 0 bridgehead atoms. The number of aliphatic carboxylic acids is 1. The summed E-state index contributed by atoms with van der Waals surface area (Å²) in [6.45, 7) is 9.20. The standard InChI is InChI=1S/2C6H12O2.C2H4O2/c2*1-3-4-5-8-6(2)7;1-2(3)4/h2*3-5H2,1-2H3;1H3,(H,3,4). The molecule has 0 aliphatic rings. The molecule has 0 saturated carbocycles. The summed E-state index contributed by atoms with van der Waals surface area (Å²) in [6.07, 6.45) is 4.10. The Morgan fingerprint density at radius 1 is 0.800 bits per heavy atom. The Kier molecular flexibility index (Phi) is 23.2. The molecule has 0 heterocycles. The van der Waals surface area contributed by atoms with E-state index in [0.717, 1.165) is 32.6 Å². The average molecular weight is 292 g/mol. The van der Waals surface area contributed by atoms with Crippen molar-refractivity contribution in [2.45, 2.75) is 60.3 Å². The van der Waals surface area contributed by atoms with Gasteiger partial charge in [-0.1, -0.05) is 26.7 Å². The van der Waals surface area contributed by atoms with E-state index in [-0.39, 0.29) is 11.9 Å². The summed E-state index contributed by atoms with van der Waals surface area (Å²) in [4.78, 5) is 29.2. The summed E-state index contributed by atoms with van der Waals surface area (Å²) in [5.74, 6) is -1.20. The molecular weight excluding hydrogens is 264 g/mol. The molecule has 0 aliphatic carbocycles. The maximum Gasteiger partial charge on any atom is 0.302 e. The van der Waals surface area contributed by atoms with Crippen LogP contribution < -0.4 is 0 Å². The zero-order valence-electron chi connectivity index (χ0n) is 13.2. The first-order chi connectivity index (χ1) is 9.27. The van der Waals surface area contributed by atoms with Crippen LogP contribution in [0, 0.1) is 0 Å². The summed E-state index contributed by atoms with van der Waals surface area (Å²) in [6, 6.07) is 0. The Morgan fingerprint density at radius 3 is 1.20 bits per heavy atom. The average Bonchev–Trinajstić information content (AvgIpc) is 2.29. The van der Waals surface area contributed by atoms with Crippen molar-refractivity contribution < 1.29 is 29.0 Å². The number of unbranched alkanes of at least 4 members (excludes halogenated alkanes) is 2. The molecular formula is C14H28O6. The van der Waals surface area contributed by atoms with Gasteiger partial charge in [-0.15, -0.1) is 0 Å². The highest BCUT2D eigenvalue weighted by Crippen LogP contribution is 1.87. The normalized spacial score (nSPS) is 8.25. The maximum atomic E-state index is 10.1. The third-order valence-electron chi connectivity index (χ3n) is 1.61. The van der Waals surface area contributed by atoms with Crippen LogP contribution in [0.3, 0.4) is 0 Å². The molecule has 0 saturated heterocycles. The van der Waals surface area contributed by atoms with Crippen LogP contribution >= 0.6 is 0 Å². The van der Waals surface area contributed by atoms with Crippen LogP contribution in [-0.4, -0.2) is 36.2 Å². The lowest BCUT2D eigenvalue weighted by molar-refractivity contribution is -0.142. The molecule has 0 unspecified atom stereocenters. The van der Waals surface area contributed by atoms with Crippen LogP contribution in [0.5, 0.6) is 0 Å². The van der Waals surface area contributed by atoms with Crippen LogP contribution in [0.2, 0.25) is 0 Å². The topological polar surface area (TPSA) is 89.9 Å². The highest BCUT2D eigenvalue weighted by atomic mass is 16.5. The molecule has 0 spiro atoms. The van der Waals surface area contributed by atoms with Crippen LogP contribution in [0.4, 0.5) is 0 Å². The van der Waals surface area contributed by atoms with E-state index in [1.807, 2.05) is 0 Å². The lowest BCUT2D eigenvalue weighted by Crippen LogP contribution is -1.99. The second kappa shape index (κ2) is 19.7. The number of carboxylic acid groups (broad SMARTS) is 1. The first-order valence-corrected chi connectivity index (χ1v) is 6.74. The van der Waals surface area contributed by atoms with E-state index in [2.05, 4.69) is 23.3 Å². The van der Waals surface area contributed by atoms with Gasteiger partial charge in [0.25, 0.3) is 5.97 Å². The number of carbonyl (C=O) groups is 3. The fourth-order valence-electron chi connectivity index (χ4n) is 0.720. The molecule has 1 N–H and O–H groups in total. The third-order valence-corrected chi connectivity index (χ3v) is 1.61. The SMILES string of the molecule is CC(=O)O.CCCCOC(C)=O.CCCCOC(C)=O. The van der Waals surface area contributed by atoms with Crippen LogP contribution in [-0.2, 0) is 23.9 Å². The van der Waals surface area contributed by atoms with Gasteiger partial charge in [-0.25, -0.2) is 0 Å². The van der Waals surface area contributed by atoms with Crippen LogP contribution in [0.1, 0.15) is 60.3 Å². The lowest BCUT2D eigenvalue weighted by Gasteiger charge is -1.96. The van der Waals surface area contributed by atoms with Gasteiger partial charge in [0.15, 0.2) is 0 Å². The van der Waals surface area contributed by atoms with Crippen molar-refractivity contribution in [3.8, 4) is 0 Å². The Balaban J connectivity index is -0.000000230. The predicted octanol–water partition coefficient (Wildman–Crippen LogP) is 2.79. The van der Waals surface area contributed by atoms with E-state index in [4.69, 9.17) is 9.90 Å². The monoisotopic (exact) mass is 292 g/mol. The largest absolute Gasteiger partial charge is 0.481 e. The van der Waals surface area contributed by atoms with E-state index >= 15 is 0 Å². The van der Waals surface area contributed by atoms with Gasteiger partial charge in [-0.2, -0.15) is 0 Å². The molecule has 0 rings (SSSR count).